The van der Waals surface area contributed by atoms with Crippen LogP contribution in [-0.4, -0.2) is 56.4 Å². The van der Waals surface area contributed by atoms with Crippen LogP contribution in [0.25, 0.3) is 11.1 Å². The fourth-order valence-electron chi connectivity index (χ4n) is 5.53. The van der Waals surface area contributed by atoms with E-state index in [4.69, 9.17) is 4.52 Å². The van der Waals surface area contributed by atoms with E-state index in [0.29, 0.717) is 30.0 Å². The Morgan fingerprint density at radius 1 is 1.19 bits per heavy atom. The molecule has 2 amide bonds. The maximum atomic E-state index is 13.8. The summed E-state index contributed by atoms with van der Waals surface area (Å²) in [4.78, 5) is 37.3. The number of benzene rings is 1. The third-order valence-electron chi connectivity index (χ3n) is 7.60. The molecular formula is C29H32N4O4. The van der Waals surface area contributed by atoms with Crippen molar-refractivity contribution in [1.29, 1.82) is 0 Å². The summed E-state index contributed by atoms with van der Waals surface area (Å²) in [6.45, 7) is 7.84. The Labute approximate surface area is 216 Å². The molecule has 0 bridgehead atoms. The maximum absolute atomic E-state index is 13.8. The SMILES string of the molecule is Cc1cc(C(C(=O)N2C[C@H](O)CC2C2=NC(=O)C(C)(c3ccc(-c4cccnc4)cc3)C2)C(C)C)on1. The maximum Gasteiger partial charge on any atom is 0.256 e. The number of β-amino-alcohol motifs (C(OH)–C–C–N with tert-alkyl or cyclic N) is 1. The molecule has 0 saturated carbocycles. The zero-order valence-corrected chi connectivity index (χ0v) is 21.6. The second-order valence-electron chi connectivity index (χ2n) is 10.7. The number of aromatic nitrogens is 2. The first-order chi connectivity index (χ1) is 17.7. The van der Waals surface area contributed by atoms with Crippen LogP contribution in [0.2, 0.25) is 0 Å². The first-order valence-corrected chi connectivity index (χ1v) is 12.7. The Morgan fingerprint density at radius 2 is 1.95 bits per heavy atom. The largest absolute Gasteiger partial charge is 0.391 e. The second-order valence-corrected chi connectivity index (χ2v) is 10.7. The number of hydrogen-bond donors (Lipinski definition) is 1. The second kappa shape index (κ2) is 9.67. The molecule has 4 heterocycles. The van der Waals surface area contributed by atoms with Gasteiger partial charge in [0, 0.05) is 43.6 Å². The first kappa shape index (κ1) is 25.0. The highest BCUT2D eigenvalue weighted by atomic mass is 16.5. The van der Waals surface area contributed by atoms with E-state index in [0.717, 1.165) is 16.7 Å². The number of pyridine rings is 1. The van der Waals surface area contributed by atoms with E-state index in [1.165, 1.54) is 0 Å². The van der Waals surface area contributed by atoms with Crippen molar-refractivity contribution in [3.05, 3.63) is 71.9 Å². The van der Waals surface area contributed by atoms with Crippen LogP contribution in [0.5, 0.6) is 0 Å². The Hall–Kier alpha value is -3.65. The zero-order chi connectivity index (χ0) is 26.3. The molecule has 2 aliphatic rings. The number of carbonyl (C=O) groups excluding carboxylic acids is 2. The molecule has 0 aliphatic carbocycles. The number of aryl methyl sites for hydroxylation is 1. The summed E-state index contributed by atoms with van der Waals surface area (Å²) < 4.78 is 5.46. The zero-order valence-electron chi connectivity index (χ0n) is 21.6. The molecule has 1 saturated heterocycles. The molecule has 37 heavy (non-hydrogen) atoms. The molecule has 1 N–H and O–H groups in total. The molecule has 4 atom stereocenters. The molecule has 8 heteroatoms. The van der Waals surface area contributed by atoms with Gasteiger partial charge in [0.25, 0.3) is 5.91 Å². The first-order valence-electron chi connectivity index (χ1n) is 12.7. The predicted molar refractivity (Wildman–Crippen MR) is 139 cm³/mol. The Kier molecular flexibility index (Phi) is 6.54. The van der Waals surface area contributed by atoms with E-state index in [2.05, 4.69) is 15.1 Å². The number of hydrogen-bond acceptors (Lipinski definition) is 6. The van der Waals surface area contributed by atoms with Gasteiger partial charge in [-0.1, -0.05) is 49.3 Å². The van der Waals surface area contributed by atoms with Gasteiger partial charge in [0.05, 0.1) is 23.3 Å². The van der Waals surface area contributed by atoms with Crippen LogP contribution in [0.15, 0.2) is 64.4 Å². The van der Waals surface area contributed by atoms with Gasteiger partial charge in [-0.3, -0.25) is 14.6 Å². The van der Waals surface area contributed by atoms with Gasteiger partial charge < -0.3 is 14.5 Å². The highest BCUT2D eigenvalue weighted by Crippen LogP contribution is 2.39. The summed E-state index contributed by atoms with van der Waals surface area (Å²) in [6.07, 6.45) is 3.61. The Morgan fingerprint density at radius 3 is 2.57 bits per heavy atom. The van der Waals surface area contributed by atoms with Crippen LogP contribution in [0.3, 0.4) is 0 Å². The van der Waals surface area contributed by atoms with Crippen molar-refractivity contribution < 1.29 is 19.2 Å². The van der Waals surface area contributed by atoms with Gasteiger partial charge in [0.2, 0.25) is 5.91 Å². The van der Waals surface area contributed by atoms with Crippen LogP contribution < -0.4 is 0 Å². The number of aliphatic hydroxyl groups is 1. The molecule has 2 aromatic heterocycles. The average Bonchev–Trinajstić information content (AvgIpc) is 3.57. The summed E-state index contributed by atoms with van der Waals surface area (Å²) in [5.74, 6) is -0.415. The van der Waals surface area contributed by atoms with E-state index in [-0.39, 0.29) is 24.3 Å². The van der Waals surface area contributed by atoms with E-state index in [9.17, 15) is 14.7 Å². The lowest BCUT2D eigenvalue weighted by atomic mass is 9.78. The summed E-state index contributed by atoms with van der Waals surface area (Å²) in [6, 6.07) is 13.1. The normalized spacial score (nSPS) is 24.5. The Balaban J connectivity index is 1.39. The number of carbonyl (C=O) groups is 2. The smallest absolute Gasteiger partial charge is 0.256 e. The van der Waals surface area contributed by atoms with Gasteiger partial charge in [-0.15, -0.1) is 0 Å². The number of amides is 2. The van der Waals surface area contributed by atoms with Crippen molar-refractivity contribution in [2.45, 2.75) is 64.0 Å². The van der Waals surface area contributed by atoms with E-state index < -0.39 is 23.5 Å². The van der Waals surface area contributed by atoms with E-state index in [1.807, 2.05) is 64.1 Å². The van der Waals surface area contributed by atoms with Gasteiger partial charge in [-0.05, 0) is 42.5 Å². The van der Waals surface area contributed by atoms with E-state index in [1.54, 1.807) is 23.4 Å². The topological polar surface area (TPSA) is 109 Å². The lowest BCUT2D eigenvalue weighted by Gasteiger charge is -2.30. The average molecular weight is 501 g/mol. The molecule has 5 rings (SSSR count). The van der Waals surface area contributed by atoms with Crippen molar-refractivity contribution in [3.8, 4) is 11.1 Å². The van der Waals surface area contributed by atoms with Crippen molar-refractivity contribution in [1.82, 2.24) is 15.0 Å². The third kappa shape index (κ3) is 4.62. The number of rotatable bonds is 6. The van der Waals surface area contributed by atoms with Crippen LogP contribution in [-0.2, 0) is 15.0 Å². The van der Waals surface area contributed by atoms with Crippen molar-refractivity contribution >= 4 is 17.5 Å². The minimum Gasteiger partial charge on any atom is -0.391 e. The van der Waals surface area contributed by atoms with Crippen molar-refractivity contribution in [2.75, 3.05) is 6.54 Å². The molecule has 2 aliphatic heterocycles. The van der Waals surface area contributed by atoms with E-state index >= 15 is 0 Å². The molecule has 192 valence electrons. The third-order valence-corrected chi connectivity index (χ3v) is 7.60. The van der Waals surface area contributed by atoms with Crippen LogP contribution in [0.4, 0.5) is 0 Å². The van der Waals surface area contributed by atoms with Gasteiger partial charge >= 0.3 is 0 Å². The predicted octanol–water partition coefficient (Wildman–Crippen LogP) is 4.08. The molecule has 0 spiro atoms. The summed E-state index contributed by atoms with van der Waals surface area (Å²) in [7, 11) is 0. The number of likely N-dealkylation sites (tertiary alicyclic amines) is 1. The van der Waals surface area contributed by atoms with Crippen LogP contribution in [0.1, 0.15) is 56.5 Å². The van der Waals surface area contributed by atoms with Gasteiger partial charge in [-0.25, -0.2) is 4.99 Å². The summed E-state index contributed by atoms with van der Waals surface area (Å²) >= 11 is 0. The van der Waals surface area contributed by atoms with Gasteiger partial charge in [0.1, 0.15) is 11.7 Å². The standard InChI is InChI=1S/C29H32N4O4/c1-17(2)26(25-12-18(3)32-37-25)27(35)33-16-22(34)13-24(33)23-14-29(4,28(36)31-23)21-9-7-19(8-10-21)20-6-5-11-30-15-20/h5-12,15,17,22,24,26,34H,13-14,16H2,1-4H3/t22-,24?,26?,29?/m1/s1. The summed E-state index contributed by atoms with van der Waals surface area (Å²) in [5, 5.41) is 14.5. The molecule has 3 aromatic rings. The Bertz CT molecular complexity index is 1330. The number of nitrogens with zero attached hydrogens (tertiary/aromatic N) is 4. The fourth-order valence-corrected chi connectivity index (χ4v) is 5.53. The number of aliphatic imine (C=N–C) groups is 1. The quantitative estimate of drug-likeness (QED) is 0.546. The lowest BCUT2D eigenvalue weighted by molar-refractivity contribution is -0.134. The minimum absolute atomic E-state index is 0.0333. The number of aliphatic hydroxyl groups excluding tert-OH is 1. The molecule has 0 radical (unpaired) electrons. The molecule has 8 nitrogen and oxygen atoms in total. The van der Waals surface area contributed by atoms with Gasteiger partial charge in [-0.2, -0.15) is 0 Å². The molecule has 1 fully saturated rings. The van der Waals surface area contributed by atoms with Crippen molar-refractivity contribution in [3.63, 3.8) is 0 Å². The minimum atomic E-state index is -0.829. The van der Waals surface area contributed by atoms with Gasteiger partial charge in [0.15, 0.2) is 0 Å². The van der Waals surface area contributed by atoms with Crippen LogP contribution in [0, 0.1) is 12.8 Å². The summed E-state index contributed by atoms with van der Waals surface area (Å²) in [5.41, 5.74) is 3.42. The molecular weight excluding hydrogens is 468 g/mol. The lowest BCUT2D eigenvalue weighted by Crippen LogP contribution is -2.44. The van der Waals surface area contributed by atoms with Crippen LogP contribution >= 0.6 is 0 Å². The highest BCUT2D eigenvalue weighted by Gasteiger charge is 2.48. The monoisotopic (exact) mass is 500 g/mol. The highest BCUT2D eigenvalue weighted by molar-refractivity contribution is 6.11. The molecule has 1 aromatic carbocycles. The van der Waals surface area contributed by atoms with Crippen molar-refractivity contribution in [2.24, 2.45) is 10.9 Å². The fraction of sp³-hybridized carbons (Fsp3) is 0.414. The molecule has 3 unspecified atom stereocenters.